The minimum atomic E-state index is -2.35. The van der Waals surface area contributed by atoms with Crippen molar-refractivity contribution >= 4 is 41.3 Å². The van der Waals surface area contributed by atoms with Crippen LogP contribution in [0.25, 0.3) is 0 Å². The van der Waals surface area contributed by atoms with Gasteiger partial charge in [0.15, 0.2) is 25.0 Å². The molecule has 0 fully saturated rings. The summed E-state index contributed by atoms with van der Waals surface area (Å²) in [5, 5.41) is -0.672. The zero-order chi connectivity index (χ0) is 32.3. The molecule has 0 aliphatic heterocycles. The molecular weight excluding hydrogens is 565 g/mol. The second-order valence-electron chi connectivity index (χ2n) is 18.6. The van der Waals surface area contributed by atoms with Crippen LogP contribution >= 0.6 is 0 Å². The van der Waals surface area contributed by atoms with E-state index in [1.165, 1.54) is 0 Å². The number of rotatable bonds is 14. The fraction of sp³-hybridized carbons (Fsp3) is 1.00. The van der Waals surface area contributed by atoms with Gasteiger partial charge in [-0.3, -0.25) is 0 Å². The van der Waals surface area contributed by atoms with Crippen molar-refractivity contribution in [2.24, 2.45) is 0 Å². The van der Waals surface area contributed by atoms with Crippen molar-refractivity contribution < 1.29 is 17.7 Å². The summed E-state index contributed by atoms with van der Waals surface area (Å²) in [4.78, 5) is 0. The zero-order valence-electron chi connectivity index (χ0n) is 31.1. The van der Waals surface area contributed by atoms with Crippen LogP contribution in [0.4, 0.5) is 0 Å². The van der Waals surface area contributed by atoms with Gasteiger partial charge in [0.25, 0.3) is 0 Å². The Morgan fingerprint density at radius 2 is 0.615 bits per heavy atom. The number of hydrogen-bond acceptors (Lipinski definition) is 4. The average Bonchev–Trinajstić information content (AvgIpc) is 2.54. The summed E-state index contributed by atoms with van der Waals surface area (Å²) < 4.78 is 28.5. The van der Waals surface area contributed by atoms with Crippen LogP contribution < -0.4 is 0 Å². The van der Waals surface area contributed by atoms with Crippen LogP contribution in [0.2, 0.25) is 88.6 Å². The molecule has 0 aromatic heterocycles. The molecule has 0 rings (SSSR count). The van der Waals surface area contributed by atoms with Crippen molar-refractivity contribution in [2.75, 3.05) is 0 Å². The minimum Gasteiger partial charge on any atom is -0.415 e. The van der Waals surface area contributed by atoms with Gasteiger partial charge in [0.1, 0.15) is 0 Å². The predicted molar refractivity (Wildman–Crippen MR) is 188 cm³/mol. The maximum atomic E-state index is 7.42. The fourth-order valence-corrected chi connectivity index (χ4v) is 18.8. The van der Waals surface area contributed by atoms with E-state index < -0.39 is 41.3 Å². The maximum absolute atomic E-state index is 7.42. The lowest BCUT2D eigenvalue weighted by atomic mass is 9.93. The molecule has 0 amide bonds. The van der Waals surface area contributed by atoms with Gasteiger partial charge in [-0.25, -0.2) is 0 Å². The van der Waals surface area contributed by atoms with Gasteiger partial charge in [-0.15, -0.1) is 0 Å². The van der Waals surface area contributed by atoms with E-state index in [2.05, 4.69) is 162 Å². The molecule has 0 heterocycles. The first-order valence-corrected chi connectivity index (χ1v) is 30.8. The molecular formula is C30H72O4Si5. The molecule has 0 saturated carbocycles. The third-order valence-electron chi connectivity index (χ3n) is 11.4. The highest BCUT2D eigenvalue weighted by molar-refractivity contribution is 6.81. The molecule has 9 heteroatoms. The Morgan fingerprint density at radius 3 is 0.897 bits per heavy atom. The van der Waals surface area contributed by atoms with Crippen molar-refractivity contribution in [3.05, 3.63) is 0 Å². The molecule has 0 atom stereocenters. The summed E-state index contributed by atoms with van der Waals surface area (Å²) in [5.74, 6) is 0. The predicted octanol–water partition coefficient (Wildman–Crippen LogP) is 10.6. The van der Waals surface area contributed by atoms with Gasteiger partial charge < -0.3 is 17.7 Å². The fourth-order valence-electron chi connectivity index (χ4n) is 5.04. The summed E-state index contributed by atoms with van der Waals surface area (Å²) in [6, 6.07) is 0. The van der Waals surface area contributed by atoms with E-state index in [1.54, 1.807) is 0 Å². The molecule has 0 radical (unpaired) electrons. The van der Waals surface area contributed by atoms with Crippen molar-refractivity contribution in [3.63, 3.8) is 0 Å². The Labute approximate surface area is 251 Å². The molecule has 0 aromatic carbocycles. The number of hydrogen-bond donors (Lipinski definition) is 0. The lowest BCUT2D eigenvalue weighted by Gasteiger charge is -2.59. The third-order valence-corrected chi connectivity index (χ3v) is 29.9. The Bertz CT molecular complexity index is 842. The first kappa shape index (κ1) is 39.9. The van der Waals surface area contributed by atoms with Gasteiger partial charge in [0.05, 0.1) is 24.5 Å². The molecule has 0 N–H and O–H groups in total. The van der Waals surface area contributed by atoms with Gasteiger partial charge in [-0.05, 0) is 114 Å². The average molecular weight is 637 g/mol. The summed E-state index contributed by atoms with van der Waals surface area (Å²) in [6.45, 7) is 55.9. The van der Waals surface area contributed by atoms with E-state index in [4.69, 9.17) is 17.7 Å². The van der Waals surface area contributed by atoms with Crippen molar-refractivity contribution in [1.29, 1.82) is 0 Å². The molecule has 236 valence electrons. The van der Waals surface area contributed by atoms with Gasteiger partial charge in [-0.2, -0.15) is 0 Å². The van der Waals surface area contributed by atoms with Gasteiger partial charge >= 0.3 is 0 Å². The summed E-state index contributed by atoms with van der Waals surface area (Å²) in [6.07, 6.45) is 0. The smallest absolute Gasteiger partial charge is 0.216 e. The normalized spacial score (nSPS) is 16.6. The largest absolute Gasteiger partial charge is 0.415 e. The molecule has 39 heavy (non-hydrogen) atoms. The van der Waals surface area contributed by atoms with Gasteiger partial charge in [0, 0.05) is 15.3 Å². The van der Waals surface area contributed by atoms with Crippen LogP contribution in [-0.4, -0.2) is 63.0 Å². The molecule has 0 saturated heterocycles. The molecule has 0 aliphatic rings. The Kier molecular flexibility index (Phi) is 11.4. The van der Waals surface area contributed by atoms with Crippen LogP contribution in [0.1, 0.15) is 83.1 Å². The first-order valence-electron chi connectivity index (χ1n) is 15.1. The van der Waals surface area contributed by atoms with Crippen LogP contribution in [-0.2, 0) is 17.7 Å². The van der Waals surface area contributed by atoms with E-state index in [-0.39, 0.29) is 31.7 Å². The molecule has 0 bridgehead atoms. The zero-order valence-corrected chi connectivity index (χ0v) is 36.1. The molecule has 0 aromatic rings. The van der Waals surface area contributed by atoms with E-state index in [9.17, 15) is 0 Å². The lowest BCUT2D eigenvalue weighted by molar-refractivity contribution is -0.00340. The summed E-state index contributed by atoms with van der Waals surface area (Å²) in [5.41, 5.74) is -0.753. The van der Waals surface area contributed by atoms with Gasteiger partial charge in [-0.1, -0.05) is 47.3 Å². The van der Waals surface area contributed by atoms with E-state index in [1.807, 2.05) is 0 Å². The Morgan fingerprint density at radius 1 is 0.333 bits per heavy atom. The highest BCUT2D eigenvalue weighted by Crippen LogP contribution is 2.57. The third kappa shape index (κ3) is 8.52. The van der Waals surface area contributed by atoms with E-state index in [0.717, 1.165) is 0 Å². The topological polar surface area (TPSA) is 36.9 Å². The van der Waals surface area contributed by atoms with Crippen LogP contribution in [0.3, 0.4) is 0 Å². The van der Waals surface area contributed by atoms with Crippen molar-refractivity contribution in [3.8, 4) is 0 Å². The second kappa shape index (κ2) is 11.1. The van der Waals surface area contributed by atoms with Crippen LogP contribution in [0.5, 0.6) is 0 Å². The van der Waals surface area contributed by atoms with E-state index in [0.29, 0.717) is 0 Å². The second-order valence-corrected chi connectivity index (χ2v) is 42.1. The molecule has 0 unspecified atom stereocenters. The van der Waals surface area contributed by atoms with Crippen molar-refractivity contribution in [1.82, 2.24) is 0 Å². The monoisotopic (exact) mass is 636 g/mol. The lowest BCUT2D eigenvalue weighted by Crippen LogP contribution is -2.66. The molecule has 0 spiro atoms. The Hall–Kier alpha value is 0.924. The molecule has 0 aliphatic carbocycles. The minimum absolute atomic E-state index is 0.0981. The van der Waals surface area contributed by atoms with Crippen LogP contribution in [0, 0.1) is 0 Å². The molecule has 4 nitrogen and oxygen atoms in total. The summed E-state index contributed by atoms with van der Waals surface area (Å²) >= 11 is 0. The first-order chi connectivity index (χ1) is 16.3. The standard InChI is InChI=1S/C30H72O4Si5/c1-25(2,28(7,8)38(21,22)34-29(9,10)35(13,14)15)31-37(19,20)27(5,6)26(3,4)32-39(23,24)30(11,12)33-36(16,17)18/h1-24H3. The highest BCUT2D eigenvalue weighted by Gasteiger charge is 2.61. The van der Waals surface area contributed by atoms with Gasteiger partial charge in [0.2, 0.25) is 8.32 Å². The quantitative estimate of drug-likeness (QED) is 0.178. The van der Waals surface area contributed by atoms with E-state index >= 15 is 0 Å². The highest BCUT2D eigenvalue weighted by atomic mass is 28.4. The summed E-state index contributed by atoms with van der Waals surface area (Å²) in [7, 11) is -10.1. The Balaban J connectivity index is 6.34. The maximum Gasteiger partial charge on any atom is 0.216 e. The SMILES string of the molecule is CC(C)(O[Si](C)(C)C(C)(C)O[Si](C)(C)C)C(C)(C)[Si](C)(C)OC(C)(C)C(C)(C)[Si](C)(C)OC(C)(C)[Si](C)(C)C. The van der Waals surface area contributed by atoms with Crippen LogP contribution in [0.15, 0.2) is 0 Å². The van der Waals surface area contributed by atoms with Crippen molar-refractivity contribution in [2.45, 2.75) is 193 Å².